The van der Waals surface area contributed by atoms with Crippen LogP contribution in [0.15, 0.2) is 12.4 Å². The van der Waals surface area contributed by atoms with Crippen molar-refractivity contribution < 1.29 is 0 Å². The smallest absolute Gasteiger partial charge is 0.203 e. The second kappa shape index (κ2) is 5.13. The van der Waals surface area contributed by atoms with E-state index in [2.05, 4.69) is 20.5 Å². The van der Waals surface area contributed by atoms with Gasteiger partial charge in [-0.3, -0.25) is 4.40 Å². The number of aromatic nitrogens is 4. The molecule has 102 valence electrons. The summed E-state index contributed by atoms with van der Waals surface area (Å²) in [5.41, 5.74) is 6.81. The van der Waals surface area contributed by atoms with Crippen LogP contribution in [0, 0.1) is 12.8 Å². The third-order valence-electron chi connectivity index (χ3n) is 3.88. The lowest BCUT2D eigenvalue weighted by atomic mass is 9.86. The number of nitrogens with zero attached hydrogens (tertiary/aromatic N) is 4. The minimum absolute atomic E-state index is 0.361. The van der Waals surface area contributed by atoms with E-state index >= 15 is 0 Å². The van der Waals surface area contributed by atoms with E-state index in [1.54, 1.807) is 6.20 Å². The van der Waals surface area contributed by atoms with Gasteiger partial charge in [-0.05, 0) is 32.1 Å². The Bertz CT molecular complexity index is 563. The van der Waals surface area contributed by atoms with Crippen LogP contribution in [-0.2, 0) is 0 Å². The van der Waals surface area contributed by atoms with Gasteiger partial charge in [-0.25, -0.2) is 4.98 Å². The van der Waals surface area contributed by atoms with Crippen LogP contribution in [0.1, 0.15) is 31.5 Å². The zero-order valence-electron chi connectivity index (χ0n) is 11.2. The van der Waals surface area contributed by atoms with E-state index in [0.717, 1.165) is 36.7 Å². The van der Waals surface area contributed by atoms with Gasteiger partial charge >= 0.3 is 0 Å². The first-order valence-electron chi connectivity index (χ1n) is 6.90. The quantitative estimate of drug-likeness (QED) is 0.871. The molecule has 2 aromatic heterocycles. The van der Waals surface area contributed by atoms with E-state index in [4.69, 9.17) is 5.73 Å². The molecule has 0 aromatic carbocycles. The molecule has 2 atom stereocenters. The van der Waals surface area contributed by atoms with Gasteiger partial charge in [0.2, 0.25) is 5.65 Å². The van der Waals surface area contributed by atoms with Crippen molar-refractivity contribution in [3.8, 4) is 0 Å². The Hall–Kier alpha value is -1.69. The zero-order chi connectivity index (χ0) is 13.2. The van der Waals surface area contributed by atoms with Crippen molar-refractivity contribution in [2.24, 2.45) is 11.7 Å². The summed E-state index contributed by atoms with van der Waals surface area (Å²) >= 11 is 0. The topological polar surface area (TPSA) is 81.1 Å². The molecular weight excluding hydrogens is 240 g/mol. The highest BCUT2D eigenvalue weighted by Gasteiger charge is 2.19. The van der Waals surface area contributed by atoms with Crippen LogP contribution in [0.25, 0.3) is 5.65 Å². The van der Waals surface area contributed by atoms with Gasteiger partial charge in [0, 0.05) is 25.0 Å². The molecule has 2 unspecified atom stereocenters. The molecule has 0 radical (unpaired) electrons. The van der Waals surface area contributed by atoms with Crippen molar-refractivity contribution in [1.82, 2.24) is 19.6 Å². The van der Waals surface area contributed by atoms with Crippen LogP contribution in [0.2, 0.25) is 0 Å². The lowest BCUT2D eigenvalue weighted by Crippen LogP contribution is -2.31. The molecule has 6 heteroatoms. The molecule has 1 fully saturated rings. The summed E-state index contributed by atoms with van der Waals surface area (Å²) in [5, 5.41) is 11.6. The molecule has 1 saturated carbocycles. The highest BCUT2D eigenvalue weighted by atomic mass is 15.3. The average Bonchev–Trinajstić information content (AvgIpc) is 2.79. The van der Waals surface area contributed by atoms with Crippen LogP contribution in [0.5, 0.6) is 0 Å². The fourth-order valence-corrected chi connectivity index (χ4v) is 2.83. The summed E-state index contributed by atoms with van der Waals surface area (Å²) in [6, 6.07) is 0.361. The molecule has 0 saturated heterocycles. The third kappa shape index (κ3) is 2.53. The Balaban J connectivity index is 1.71. The van der Waals surface area contributed by atoms with Gasteiger partial charge < -0.3 is 11.1 Å². The fraction of sp³-hybridized carbons (Fsp3) is 0.615. The largest absolute Gasteiger partial charge is 0.367 e. The molecule has 0 spiro atoms. The summed E-state index contributed by atoms with van der Waals surface area (Å²) in [6.07, 6.45) is 8.39. The second-order valence-electron chi connectivity index (χ2n) is 5.39. The number of aryl methyl sites for hydroxylation is 1. The van der Waals surface area contributed by atoms with Gasteiger partial charge in [0.05, 0.1) is 0 Å². The molecule has 2 heterocycles. The van der Waals surface area contributed by atoms with E-state index in [0.29, 0.717) is 12.0 Å². The molecule has 2 aromatic rings. The summed E-state index contributed by atoms with van der Waals surface area (Å²) < 4.78 is 1.95. The lowest BCUT2D eigenvalue weighted by molar-refractivity contribution is 0.335. The molecule has 3 N–H and O–H groups in total. The minimum Gasteiger partial charge on any atom is -0.367 e. The number of hydrogen-bond acceptors (Lipinski definition) is 5. The van der Waals surface area contributed by atoms with Crippen molar-refractivity contribution in [2.75, 3.05) is 11.9 Å². The number of nitrogens with two attached hydrogens (primary N) is 1. The van der Waals surface area contributed by atoms with Gasteiger partial charge in [-0.15, -0.1) is 10.2 Å². The SMILES string of the molecule is Cc1nnc2c(NCC3CCCC(N)C3)nccn12. The van der Waals surface area contributed by atoms with E-state index in [1.807, 2.05) is 17.5 Å². The fourth-order valence-electron chi connectivity index (χ4n) is 2.83. The molecule has 0 aliphatic heterocycles. The monoisotopic (exact) mass is 260 g/mol. The van der Waals surface area contributed by atoms with E-state index in [9.17, 15) is 0 Å². The number of nitrogens with one attached hydrogen (secondary N) is 1. The second-order valence-corrected chi connectivity index (χ2v) is 5.39. The summed E-state index contributed by atoms with van der Waals surface area (Å²) in [6.45, 7) is 2.84. The molecule has 6 nitrogen and oxygen atoms in total. The summed E-state index contributed by atoms with van der Waals surface area (Å²) in [5.74, 6) is 2.32. The van der Waals surface area contributed by atoms with E-state index in [-0.39, 0.29) is 0 Å². The van der Waals surface area contributed by atoms with Gasteiger partial charge in [-0.1, -0.05) is 6.42 Å². The van der Waals surface area contributed by atoms with Crippen molar-refractivity contribution in [3.05, 3.63) is 18.2 Å². The molecule has 3 rings (SSSR count). The Kier molecular flexibility index (Phi) is 3.33. The van der Waals surface area contributed by atoms with Gasteiger partial charge in [0.1, 0.15) is 5.82 Å². The van der Waals surface area contributed by atoms with Gasteiger partial charge in [0.15, 0.2) is 5.82 Å². The molecule has 1 aliphatic carbocycles. The first-order chi connectivity index (χ1) is 9.24. The normalized spacial score (nSPS) is 23.7. The highest BCUT2D eigenvalue weighted by molar-refractivity contribution is 5.61. The van der Waals surface area contributed by atoms with Crippen LogP contribution in [0.4, 0.5) is 5.82 Å². The maximum atomic E-state index is 6.02. The van der Waals surface area contributed by atoms with E-state index < -0.39 is 0 Å². The van der Waals surface area contributed by atoms with Crippen LogP contribution in [0.3, 0.4) is 0 Å². The van der Waals surface area contributed by atoms with Crippen molar-refractivity contribution in [1.29, 1.82) is 0 Å². The third-order valence-corrected chi connectivity index (χ3v) is 3.88. The Morgan fingerprint density at radius 2 is 2.32 bits per heavy atom. The number of fused-ring (bicyclic) bond motifs is 1. The number of hydrogen-bond donors (Lipinski definition) is 2. The first kappa shape index (κ1) is 12.3. The van der Waals surface area contributed by atoms with Gasteiger partial charge in [0.25, 0.3) is 0 Å². The standard InChI is InChI=1S/C13H20N6/c1-9-17-18-13-12(15-5-6-19(9)13)16-8-10-3-2-4-11(14)7-10/h5-6,10-11H,2-4,7-8,14H2,1H3,(H,15,16). The lowest BCUT2D eigenvalue weighted by Gasteiger charge is -2.26. The van der Waals surface area contributed by atoms with E-state index in [1.165, 1.54) is 12.8 Å². The summed E-state index contributed by atoms with van der Waals surface area (Å²) in [4.78, 5) is 4.36. The zero-order valence-corrected chi connectivity index (χ0v) is 11.2. The Morgan fingerprint density at radius 1 is 1.42 bits per heavy atom. The predicted molar refractivity (Wildman–Crippen MR) is 73.9 cm³/mol. The minimum atomic E-state index is 0.361. The molecular formula is C13H20N6. The van der Waals surface area contributed by atoms with Crippen molar-refractivity contribution >= 4 is 11.5 Å². The Labute approximate surface area is 112 Å². The maximum Gasteiger partial charge on any atom is 0.203 e. The van der Waals surface area contributed by atoms with Crippen molar-refractivity contribution in [3.63, 3.8) is 0 Å². The van der Waals surface area contributed by atoms with Crippen LogP contribution in [-0.4, -0.2) is 32.2 Å². The molecule has 0 bridgehead atoms. The molecule has 19 heavy (non-hydrogen) atoms. The summed E-state index contributed by atoms with van der Waals surface area (Å²) in [7, 11) is 0. The maximum absolute atomic E-state index is 6.02. The van der Waals surface area contributed by atoms with Gasteiger partial charge in [-0.2, -0.15) is 0 Å². The number of rotatable bonds is 3. The van der Waals surface area contributed by atoms with Crippen LogP contribution >= 0.6 is 0 Å². The van der Waals surface area contributed by atoms with Crippen molar-refractivity contribution in [2.45, 2.75) is 38.6 Å². The predicted octanol–water partition coefficient (Wildman–Crippen LogP) is 1.36. The molecule has 0 amide bonds. The average molecular weight is 260 g/mol. The first-order valence-corrected chi connectivity index (χ1v) is 6.90. The number of anilines is 1. The molecule has 1 aliphatic rings. The highest BCUT2D eigenvalue weighted by Crippen LogP contribution is 2.23. The van der Waals surface area contributed by atoms with Crippen LogP contribution < -0.4 is 11.1 Å². The Morgan fingerprint density at radius 3 is 3.16 bits per heavy atom.